The fourth-order valence-electron chi connectivity index (χ4n) is 4.09. The molecule has 0 N–H and O–H groups in total. The van der Waals surface area contributed by atoms with E-state index in [1.165, 1.54) is 0 Å². The van der Waals surface area contributed by atoms with Crippen molar-refractivity contribution in [2.24, 2.45) is 5.92 Å². The lowest BCUT2D eigenvalue weighted by Crippen LogP contribution is -2.37. The molecule has 0 unspecified atom stereocenters. The number of nitrogens with zero attached hydrogens (tertiary/aromatic N) is 7. The molecular weight excluding hydrogens is 378 g/mol. The van der Waals surface area contributed by atoms with Crippen LogP contribution in [0.3, 0.4) is 0 Å². The van der Waals surface area contributed by atoms with E-state index in [1.54, 1.807) is 35.4 Å². The van der Waals surface area contributed by atoms with Crippen LogP contribution < -0.4 is 10.5 Å². The molecule has 1 saturated heterocycles. The second-order valence-corrected chi connectivity index (χ2v) is 7.76. The molecular formula is C22H23N7O. The lowest BCUT2D eigenvalue weighted by molar-refractivity contribution is 0.334. The van der Waals surface area contributed by atoms with E-state index in [0.717, 1.165) is 54.3 Å². The fourth-order valence-corrected chi connectivity index (χ4v) is 4.09. The van der Waals surface area contributed by atoms with Gasteiger partial charge in [-0.25, -0.2) is 9.67 Å². The monoisotopic (exact) mass is 401 g/mol. The van der Waals surface area contributed by atoms with E-state index in [0.29, 0.717) is 12.5 Å². The molecule has 30 heavy (non-hydrogen) atoms. The van der Waals surface area contributed by atoms with Gasteiger partial charge in [-0.15, -0.1) is 0 Å². The molecule has 0 radical (unpaired) electrons. The first-order chi connectivity index (χ1) is 14.7. The third kappa shape index (κ3) is 3.56. The van der Waals surface area contributed by atoms with Crippen molar-refractivity contribution >= 4 is 11.5 Å². The molecule has 0 atom stereocenters. The molecule has 5 rings (SSSR count). The highest BCUT2D eigenvalue weighted by molar-refractivity contribution is 5.57. The predicted molar refractivity (Wildman–Crippen MR) is 114 cm³/mol. The number of anilines is 1. The molecule has 8 heteroatoms. The lowest BCUT2D eigenvalue weighted by atomic mass is 9.97. The smallest absolute Gasteiger partial charge is 0.266 e. The van der Waals surface area contributed by atoms with Crippen LogP contribution in [-0.2, 0) is 6.54 Å². The number of fused-ring (bicyclic) bond motifs is 1. The van der Waals surface area contributed by atoms with Crippen LogP contribution in [0.25, 0.3) is 16.9 Å². The molecule has 5 heterocycles. The van der Waals surface area contributed by atoms with Crippen molar-refractivity contribution < 1.29 is 0 Å². The van der Waals surface area contributed by atoms with E-state index in [-0.39, 0.29) is 5.56 Å². The molecule has 1 fully saturated rings. The summed E-state index contributed by atoms with van der Waals surface area (Å²) in [5.74, 6) is 1.49. The van der Waals surface area contributed by atoms with E-state index in [9.17, 15) is 4.79 Å². The molecule has 8 nitrogen and oxygen atoms in total. The average molecular weight is 401 g/mol. The van der Waals surface area contributed by atoms with Crippen LogP contribution in [-0.4, -0.2) is 42.5 Å². The summed E-state index contributed by atoms with van der Waals surface area (Å²) in [4.78, 5) is 23.3. The summed E-state index contributed by atoms with van der Waals surface area (Å²) in [6.45, 7) is 4.49. The number of hydrogen-bond donors (Lipinski definition) is 0. The zero-order chi connectivity index (χ0) is 20.5. The third-order valence-electron chi connectivity index (χ3n) is 5.68. The van der Waals surface area contributed by atoms with Gasteiger partial charge in [0.25, 0.3) is 5.56 Å². The van der Waals surface area contributed by atoms with Crippen LogP contribution in [0, 0.1) is 12.8 Å². The second-order valence-electron chi connectivity index (χ2n) is 7.76. The van der Waals surface area contributed by atoms with E-state index in [2.05, 4.69) is 31.1 Å². The first-order valence-corrected chi connectivity index (χ1v) is 10.2. The number of piperidine rings is 1. The Morgan fingerprint density at radius 3 is 2.63 bits per heavy atom. The molecule has 0 saturated carbocycles. The maximum Gasteiger partial charge on any atom is 0.266 e. The lowest BCUT2D eigenvalue weighted by Gasteiger charge is -2.33. The predicted octanol–water partition coefficient (Wildman–Crippen LogP) is 2.57. The Balaban J connectivity index is 1.31. The minimum absolute atomic E-state index is 0.0572. The van der Waals surface area contributed by atoms with Crippen LogP contribution in [0.1, 0.15) is 18.5 Å². The van der Waals surface area contributed by atoms with Gasteiger partial charge in [-0.1, -0.05) is 0 Å². The van der Waals surface area contributed by atoms with Crippen molar-refractivity contribution in [1.82, 2.24) is 29.4 Å². The minimum Gasteiger partial charge on any atom is -0.356 e. The highest BCUT2D eigenvalue weighted by atomic mass is 16.1. The highest BCUT2D eigenvalue weighted by Crippen LogP contribution is 2.25. The topological polar surface area (TPSA) is 81.2 Å². The Hall–Kier alpha value is -3.55. The van der Waals surface area contributed by atoms with Gasteiger partial charge in [0, 0.05) is 61.5 Å². The normalized spacial score (nSPS) is 15.0. The molecule has 1 aliphatic heterocycles. The summed E-state index contributed by atoms with van der Waals surface area (Å²) < 4.78 is 3.51. The van der Waals surface area contributed by atoms with Gasteiger partial charge in [-0.05, 0) is 43.9 Å². The molecule has 0 amide bonds. The van der Waals surface area contributed by atoms with Gasteiger partial charge >= 0.3 is 0 Å². The van der Waals surface area contributed by atoms with Gasteiger partial charge in [0.1, 0.15) is 5.82 Å². The van der Waals surface area contributed by atoms with Crippen molar-refractivity contribution in [2.45, 2.75) is 26.3 Å². The number of aryl methyl sites for hydroxylation is 1. The zero-order valence-corrected chi connectivity index (χ0v) is 16.8. The summed E-state index contributed by atoms with van der Waals surface area (Å²) in [5, 5.41) is 9.02. The molecule has 0 aliphatic carbocycles. The molecule has 152 valence electrons. The standard InChI is InChI=1S/C22H23N7O/c1-16-14-21(29-20(25-16)6-11-24-29)27-12-7-17(8-13-27)15-28-22(30)3-2-19(26-28)18-4-9-23-10-5-18/h2-6,9-11,14,17H,7-8,12-13,15H2,1H3. The number of hydrogen-bond acceptors (Lipinski definition) is 6. The number of pyridine rings is 1. The highest BCUT2D eigenvalue weighted by Gasteiger charge is 2.22. The van der Waals surface area contributed by atoms with Gasteiger partial charge in [0.15, 0.2) is 5.65 Å². The Kier molecular flexibility index (Phi) is 4.74. The maximum absolute atomic E-state index is 12.4. The molecule has 4 aromatic heterocycles. The van der Waals surface area contributed by atoms with Gasteiger partial charge < -0.3 is 4.90 Å². The summed E-state index contributed by atoms with van der Waals surface area (Å²) in [7, 11) is 0. The van der Waals surface area contributed by atoms with Crippen LogP contribution in [0.4, 0.5) is 5.82 Å². The van der Waals surface area contributed by atoms with Gasteiger partial charge in [-0.2, -0.15) is 14.7 Å². The first kappa shape index (κ1) is 18.5. The first-order valence-electron chi connectivity index (χ1n) is 10.2. The largest absolute Gasteiger partial charge is 0.356 e. The minimum atomic E-state index is -0.0572. The van der Waals surface area contributed by atoms with Crippen LogP contribution in [0.2, 0.25) is 0 Å². The summed E-state index contributed by atoms with van der Waals surface area (Å²) >= 11 is 0. The van der Waals surface area contributed by atoms with E-state index in [1.807, 2.05) is 29.6 Å². The average Bonchev–Trinajstić information content (AvgIpc) is 3.24. The molecule has 4 aromatic rings. The molecule has 0 bridgehead atoms. The van der Waals surface area contributed by atoms with Gasteiger partial charge in [0.05, 0.1) is 11.9 Å². The van der Waals surface area contributed by atoms with Crippen LogP contribution >= 0.6 is 0 Å². The maximum atomic E-state index is 12.4. The summed E-state index contributed by atoms with van der Waals surface area (Å²) in [6.07, 6.45) is 7.25. The van der Waals surface area contributed by atoms with Crippen LogP contribution in [0.5, 0.6) is 0 Å². The third-order valence-corrected chi connectivity index (χ3v) is 5.68. The van der Waals surface area contributed by atoms with E-state index < -0.39 is 0 Å². The molecule has 1 aliphatic rings. The number of rotatable bonds is 4. The van der Waals surface area contributed by atoms with Crippen molar-refractivity contribution in [3.63, 3.8) is 0 Å². The molecule has 0 spiro atoms. The SMILES string of the molecule is Cc1cc(N2CCC(Cn3nc(-c4ccncc4)ccc3=O)CC2)n2nccc2n1. The van der Waals surface area contributed by atoms with E-state index >= 15 is 0 Å². The van der Waals surface area contributed by atoms with Crippen molar-refractivity contribution in [2.75, 3.05) is 18.0 Å². The summed E-state index contributed by atoms with van der Waals surface area (Å²) in [6, 6.07) is 11.2. The molecule has 0 aromatic carbocycles. The zero-order valence-electron chi connectivity index (χ0n) is 16.8. The fraction of sp³-hybridized carbons (Fsp3) is 0.318. The summed E-state index contributed by atoms with van der Waals surface area (Å²) in [5.41, 5.74) is 3.56. The Morgan fingerprint density at radius 1 is 1.03 bits per heavy atom. The second kappa shape index (κ2) is 7.70. The Bertz CT molecular complexity index is 1220. The van der Waals surface area contributed by atoms with Gasteiger partial charge in [0.2, 0.25) is 0 Å². The van der Waals surface area contributed by atoms with Crippen molar-refractivity contribution in [1.29, 1.82) is 0 Å². The van der Waals surface area contributed by atoms with Crippen molar-refractivity contribution in [3.8, 4) is 11.3 Å². The van der Waals surface area contributed by atoms with Crippen LogP contribution in [0.15, 0.2) is 59.8 Å². The van der Waals surface area contributed by atoms with Crippen molar-refractivity contribution in [3.05, 3.63) is 71.0 Å². The van der Waals surface area contributed by atoms with Gasteiger partial charge in [-0.3, -0.25) is 9.78 Å². The Morgan fingerprint density at radius 2 is 1.83 bits per heavy atom. The van der Waals surface area contributed by atoms with E-state index in [4.69, 9.17) is 0 Å². The number of aromatic nitrogens is 6. The quantitative estimate of drug-likeness (QED) is 0.523. The Labute approximate surface area is 173 Å².